The summed E-state index contributed by atoms with van der Waals surface area (Å²) in [6.45, 7) is 8.76. The minimum atomic E-state index is -0.0664. The van der Waals surface area contributed by atoms with Crippen molar-refractivity contribution in [3.05, 3.63) is 62.6 Å². The zero-order valence-corrected chi connectivity index (χ0v) is 13.4. The summed E-state index contributed by atoms with van der Waals surface area (Å²) >= 11 is 0. The summed E-state index contributed by atoms with van der Waals surface area (Å²) in [5, 5.41) is 7.64. The molecule has 1 aromatic heterocycles. The van der Waals surface area contributed by atoms with Gasteiger partial charge in [0.2, 0.25) is 0 Å². The first-order valence-corrected chi connectivity index (χ1v) is 7.22. The van der Waals surface area contributed by atoms with Crippen LogP contribution in [0, 0.1) is 27.7 Å². The van der Waals surface area contributed by atoms with Crippen molar-refractivity contribution in [2.45, 2.75) is 40.3 Å². The molecule has 1 unspecified atom stereocenters. The number of likely N-dealkylation sites (N-methyl/N-ethyl adjacent to an activating group) is 1. The van der Waals surface area contributed by atoms with E-state index >= 15 is 0 Å². The summed E-state index contributed by atoms with van der Waals surface area (Å²) in [7, 11) is 1.92. The second kappa shape index (κ2) is 6.22. The Balaban J connectivity index is 2.41. The van der Waals surface area contributed by atoms with Crippen LogP contribution in [0.1, 0.15) is 34.0 Å². The number of aromatic nitrogens is 2. The van der Waals surface area contributed by atoms with Crippen molar-refractivity contribution in [2.24, 2.45) is 0 Å². The smallest absolute Gasteiger partial charge is 0.266 e. The van der Waals surface area contributed by atoms with Gasteiger partial charge in [0.25, 0.3) is 5.56 Å². The van der Waals surface area contributed by atoms with Gasteiger partial charge < -0.3 is 5.32 Å². The molecule has 0 fully saturated rings. The summed E-state index contributed by atoms with van der Waals surface area (Å²) in [5.74, 6) is 0. The predicted octanol–water partition coefficient (Wildman–Crippen LogP) is 2.44. The SMILES string of the molecule is CNC(Cn1nc(C)ccc1=O)c1c(C)cc(C)cc1C. The second-order valence-corrected chi connectivity index (χ2v) is 5.65. The molecule has 0 radical (unpaired) electrons. The van der Waals surface area contributed by atoms with E-state index in [9.17, 15) is 4.79 Å². The van der Waals surface area contributed by atoms with Crippen LogP contribution in [-0.2, 0) is 6.54 Å². The molecule has 112 valence electrons. The molecule has 4 heteroatoms. The number of hydrogen-bond acceptors (Lipinski definition) is 3. The van der Waals surface area contributed by atoms with E-state index in [-0.39, 0.29) is 11.6 Å². The number of hydrogen-bond donors (Lipinski definition) is 1. The van der Waals surface area contributed by atoms with Crippen molar-refractivity contribution in [3.63, 3.8) is 0 Å². The van der Waals surface area contributed by atoms with Crippen LogP contribution in [0.5, 0.6) is 0 Å². The Labute approximate surface area is 125 Å². The summed E-state index contributed by atoms with van der Waals surface area (Å²) in [6, 6.07) is 7.75. The summed E-state index contributed by atoms with van der Waals surface area (Å²) in [4.78, 5) is 12.0. The first-order chi connectivity index (χ1) is 9.92. The van der Waals surface area contributed by atoms with E-state index in [1.165, 1.54) is 26.9 Å². The average molecular weight is 285 g/mol. The number of benzene rings is 1. The molecular formula is C17H23N3O. The van der Waals surface area contributed by atoms with Crippen molar-refractivity contribution in [1.29, 1.82) is 0 Å². The number of nitrogens with one attached hydrogen (secondary N) is 1. The fourth-order valence-electron chi connectivity index (χ4n) is 2.92. The van der Waals surface area contributed by atoms with E-state index in [1.54, 1.807) is 12.1 Å². The molecule has 0 aliphatic carbocycles. The largest absolute Gasteiger partial charge is 0.311 e. The van der Waals surface area contributed by atoms with Gasteiger partial charge in [-0.3, -0.25) is 4.79 Å². The lowest BCUT2D eigenvalue weighted by atomic mass is 9.94. The highest BCUT2D eigenvalue weighted by atomic mass is 16.1. The Morgan fingerprint density at radius 3 is 2.33 bits per heavy atom. The zero-order chi connectivity index (χ0) is 15.6. The topological polar surface area (TPSA) is 46.9 Å². The Kier molecular flexibility index (Phi) is 4.58. The Hall–Kier alpha value is -1.94. The Morgan fingerprint density at radius 1 is 1.14 bits per heavy atom. The maximum atomic E-state index is 12.0. The van der Waals surface area contributed by atoms with Gasteiger partial charge in [-0.1, -0.05) is 17.7 Å². The van der Waals surface area contributed by atoms with Crippen LogP contribution >= 0.6 is 0 Å². The van der Waals surface area contributed by atoms with Gasteiger partial charge in [0, 0.05) is 6.07 Å². The normalized spacial score (nSPS) is 12.4. The van der Waals surface area contributed by atoms with Crippen molar-refractivity contribution in [3.8, 4) is 0 Å². The number of nitrogens with zero attached hydrogens (tertiary/aromatic N) is 2. The molecule has 0 amide bonds. The maximum Gasteiger partial charge on any atom is 0.266 e. The lowest BCUT2D eigenvalue weighted by Gasteiger charge is -2.22. The van der Waals surface area contributed by atoms with E-state index in [0.717, 1.165) is 5.69 Å². The van der Waals surface area contributed by atoms with Gasteiger partial charge in [-0.2, -0.15) is 5.10 Å². The van der Waals surface area contributed by atoms with Crippen molar-refractivity contribution in [1.82, 2.24) is 15.1 Å². The lowest BCUT2D eigenvalue weighted by molar-refractivity contribution is 0.446. The number of rotatable bonds is 4. The van der Waals surface area contributed by atoms with Gasteiger partial charge >= 0.3 is 0 Å². The van der Waals surface area contributed by atoms with E-state index in [1.807, 2.05) is 14.0 Å². The van der Waals surface area contributed by atoms with E-state index in [2.05, 4.69) is 43.3 Å². The number of aryl methyl sites for hydroxylation is 4. The third kappa shape index (κ3) is 3.39. The minimum Gasteiger partial charge on any atom is -0.311 e. The molecule has 1 aromatic carbocycles. The van der Waals surface area contributed by atoms with Gasteiger partial charge in [-0.25, -0.2) is 4.68 Å². The van der Waals surface area contributed by atoms with Gasteiger partial charge in [0.15, 0.2) is 0 Å². The molecule has 1 N–H and O–H groups in total. The van der Waals surface area contributed by atoms with Crippen molar-refractivity contribution in [2.75, 3.05) is 7.05 Å². The minimum absolute atomic E-state index is 0.0664. The van der Waals surface area contributed by atoms with Gasteiger partial charge in [-0.15, -0.1) is 0 Å². The first-order valence-electron chi connectivity index (χ1n) is 7.22. The quantitative estimate of drug-likeness (QED) is 0.938. The Morgan fingerprint density at radius 2 is 1.76 bits per heavy atom. The molecule has 2 aromatic rings. The highest BCUT2D eigenvalue weighted by molar-refractivity contribution is 5.39. The third-order valence-electron chi connectivity index (χ3n) is 3.79. The molecule has 4 nitrogen and oxygen atoms in total. The van der Waals surface area contributed by atoms with Crippen LogP contribution in [-0.4, -0.2) is 16.8 Å². The van der Waals surface area contributed by atoms with Gasteiger partial charge in [0.05, 0.1) is 18.3 Å². The second-order valence-electron chi connectivity index (χ2n) is 5.65. The first kappa shape index (κ1) is 15.4. The maximum absolute atomic E-state index is 12.0. The molecule has 0 aliphatic rings. The van der Waals surface area contributed by atoms with E-state index in [4.69, 9.17) is 0 Å². The molecule has 2 rings (SSSR count). The molecule has 0 spiro atoms. The fraction of sp³-hybridized carbons (Fsp3) is 0.412. The van der Waals surface area contributed by atoms with Gasteiger partial charge in [-0.05, 0) is 57.5 Å². The third-order valence-corrected chi connectivity index (χ3v) is 3.79. The van der Waals surface area contributed by atoms with Crippen molar-refractivity contribution >= 4 is 0 Å². The monoisotopic (exact) mass is 285 g/mol. The van der Waals surface area contributed by atoms with Crippen LogP contribution < -0.4 is 10.9 Å². The highest BCUT2D eigenvalue weighted by Gasteiger charge is 2.16. The molecule has 0 aliphatic heterocycles. The molecular weight excluding hydrogens is 262 g/mol. The fourth-order valence-corrected chi connectivity index (χ4v) is 2.92. The van der Waals surface area contributed by atoms with Crippen LogP contribution in [0.15, 0.2) is 29.1 Å². The Bertz CT molecular complexity index is 680. The van der Waals surface area contributed by atoms with Crippen LogP contribution in [0.3, 0.4) is 0 Å². The summed E-state index contributed by atoms with van der Waals surface area (Å²) in [6.07, 6.45) is 0. The molecule has 0 saturated heterocycles. The van der Waals surface area contributed by atoms with Crippen molar-refractivity contribution < 1.29 is 0 Å². The van der Waals surface area contributed by atoms with Crippen LogP contribution in [0.4, 0.5) is 0 Å². The summed E-state index contributed by atoms with van der Waals surface area (Å²) < 4.78 is 1.54. The van der Waals surface area contributed by atoms with Crippen LogP contribution in [0.25, 0.3) is 0 Å². The zero-order valence-electron chi connectivity index (χ0n) is 13.4. The molecule has 0 saturated carbocycles. The predicted molar refractivity (Wildman–Crippen MR) is 85.7 cm³/mol. The summed E-state index contributed by atoms with van der Waals surface area (Å²) in [5.41, 5.74) is 5.78. The van der Waals surface area contributed by atoms with E-state index in [0.29, 0.717) is 6.54 Å². The van der Waals surface area contributed by atoms with Gasteiger partial charge in [0.1, 0.15) is 0 Å². The van der Waals surface area contributed by atoms with Crippen LogP contribution in [0.2, 0.25) is 0 Å². The molecule has 1 heterocycles. The lowest BCUT2D eigenvalue weighted by Crippen LogP contribution is -2.31. The highest BCUT2D eigenvalue weighted by Crippen LogP contribution is 2.24. The molecule has 21 heavy (non-hydrogen) atoms. The van der Waals surface area contributed by atoms with E-state index < -0.39 is 0 Å². The average Bonchev–Trinajstić information content (AvgIpc) is 2.40. The standard InChI is InChI=1S/C17H23N3O/c1-11-8-12(2)17(13(3)9-11)15(18-5)10-20-16(21)7-6-14(4)19-20/h6-9,15,18H,10H2,1-5H3. The molecule has 0 bridgehead atoms. The molecule has 1 atom stereocenters.